The first kappa shape index (κ1) is 12.3. The topological polar surface area (TPSA) is 26.5 Å². The second-order valence-electron chi connectivity index (χ2n) is 4.72. The quantitative estimate of drug-likeness (QED) is 0.549. The smallest absolute Gasteiger partial charge is 0.195 e. The van der Waals surface area contributed by atoms with Crippen molar-refractivity contribution >= 4 is 26.5 Å². The second-order valence-corrected chi connectivity index (χ2v) is 5.73. The summed E-state index contributed by atoms with van der Waals surface area (Å²) in [5.74, 6) is 0.600. The molecule has 0 spiro atoms. The molecule has 104 valence electrons. The number of ether oxygens (including phenoxy) is 1. The summed E-state index contributed by atoms with van der Waals surface area (Å²) in [6, 6.07) is 12.4. The van der Waals surface area contributed by atoms with E-state index < -0.39 is 0 Å². The standard InChI is InChI=1S/C16H11FN2OS/c1-20-12-6-7-14-15(8-12)21-16-18-13(9-19(14)16)10-2-4-11(17)5-3-10/h2-9H,1H3. The van der Waals surface area contributed by atoms with E-state index >= 15 is 0 Å². The fraction of sp³-hybridized carbons (Fsp3) is 0.0625. The van der Waals surface area contributed by atoms with Crippen LogP contribution in [0.1, 0.15) is 0 Å². The number of halogens is 1. The number of nitrogens with zero attached hydrogens (tertiary/aromatic N) is 2. The molecule has 2 heterocycles. The highest BCUT2D eigenvalue weighted by Crippen LogP contribution is 2.31. The molecule has 4 aromatic rings. The molecule has 2 aromatic carbocycles. The molecular formula is C16H11FN2OS. The van der Waals surface area contributed by atoms with Gasteiger partial charge in [-0.25, -0.2) is 9.37 Å². The Labute approximate surface area is 124 Å². The number of benzene rings is 2. The van der Waals surface area contributed by atoms with Crippen molar-refractivity contribution in [3.63, 3.8) is 0 Å². The summed E-state index contributed by atoms with van der Waals surface area (Å²) in [7, 11) is 1.66. The molecule has 3 nitrogen and oxygen atoms in total. The third kappa shape index (κ3) is 1.97. The van der Waals surface area contributed by atoms with Crippen LogP contribution in [-0.4, -0.2) is 16.5 Å². The van der Waals surface area contributed by atoms with E-state index in [1.54, 1.807) is 30.6 Å². The molecule has 0 saturated heterocycles. The predicted molar refractivity (Wildman–Crippen MR) is 82.5 cm³/mol. The summed E-state index contributed by atoms with van der Waals surface area (Å²) in [6.45, 7) is 0. The number of hydrogen-bond acceptors (Lipinski definition) is 3. The Morgan fingerprint density at radius 1 is 1.14 bits per heavy atom. The van der Waals surface area contributed by atoms with Gasteiger partial charge in [0.1, 0.15) is 11.6 Å². The summed E-state index contributed by atoms with van der Waals surface area (Å²) < 4.78 is 21.4. The molecule has 0 saturated carbocycles. The Bertz CT molecular complexity index is 940. The maximum atomic E-state index is 13.0. The third-order valence-corrected chi connectivity index (χ3v) is 4.46. The number of methoxy groups -OCH3 is 1. The summed E-state index contributed by atoms with van der Waals surface area (Å²) in [5, 5.41) is 0. The molecule has 0 bridgehead atoms. The molecule has 5 heteroatoms. The van der Waals surface area contributed by atoms with Crippen molar-refractivity contribution in [2.24, 2.45) is 0 Å². The first-order valence-corrected chi connectivity index (χ1v) is 7.28. The van der Waals surface area contributed by atoms with E-state index in [-0.39, 0.29) is 5.82 Å². The zero-order chi connectivity index (χ0) is 14.4. The predicted octanol–water partition coefficient (Wildman–Crippen LogP) is 4.36. The fourth-order valence-corrected chi connectivity index (χ4v) is 3.40. The maximum absolute atomic E-state index is 13.0. The minimum Gasteiger partial charge on any atom is -0.497 e. The van der Waals surface area contributed by atoms with E-state index in [1.165, 1.54) is 12.1 Å². The van der Waals surface area contributed by atoms with E-state index in [0.717, 1.165) is 32.2 Å². The first-order valence-electron chi connectivity index (χ1n) is 6.46. The average molecular weight is 298 g/mol. The highest BCUT2D eigenvalue weighted by Gasteiger charge is 2.10. The van der Waals surface area contributed by atoms with Gasteiger partial charge in [-0.1, -0.05) is 11.3 Å². The third-order valence-electron chi connectivity index (χ3n) is 3.44. The number of fused-ring (bicyclic) bond motifs is 3. The van der Waals surface area contributed by atoms with Crippen molar-refractivity contribution in [1.29, 1.82) is 0 Å². The van der Waals surface area contributed by atoms with Gasteiger partial charge in [-0.15, -0.1) is 0 Å². The SMILES string of the molecule is COc1ccc2c(c1)sc1nc(-c3ccc(F)cc3)cn12. The lowest BCUT2D eigenvalue weighted by Crippen LogP contribution is -1.82. The number of thiazole rings is 1. The van der Waals surface area contributed by atoms with Gasteiger partial charge in [0.05, 0.1) is 23.0 Å². The number of imidazole rings is 1. The van der Waals surface area contributed by atoms with Crippen LogP contribution < -0.4 is 4.74 Å². The number of rotatable bonds is 2. The number of hydrogen-bond donors (Lipinski definition) is 0. The molecule has 0 radical (unpaired) electrons. The first-order chi connectivity index (χ1) is 10.2. The Hall–Kier alpha value is -2.40. The molecule has 21 heavy (non-hydrogen) atoms. The van der Waals surface area contributed by atoms with Crippen molar-refractivity contribution in [2.75, 3.05) is 7.11 Å². The van der Waals surface area contributed by atoms with Gasteiger partial charge in [0.15, 0.2) is 4.96 Å². The highest BCUT2D eigenvalue weighted by atomic mass is 32.1. The van der Waals surface area contributed by atoms with Crippen LogP contribution in [0.3, 0.4) is 0 Å². The van der Waals surface area contributed by atoms with Crippen LogP contribution in [0.4, 0.5) is 4.39 Å². The minimum absolute atomic E-state index is 0.239. The van der Waals surface area contributed by atoms with Gasteiger partial charge in [0, 0.05) is 11.8 Å². The molecule has 4 rings (SSSR count). The van der Waals surface area contributed by atoms with E-state index in [1.807, 2.05) is 24.4 Å². The molecule has 0 aliphatic carbocycles. The van der Waals surface area contributed by atoms with E-state index in [4.69, 9.17) is 4.74 Å². The lowest BCUT2D eigenvalue weighted by Gasteiger charge is -1.98. The summed E-state index contributed by atoms with van der Waals surface area (Å²) in [5.41, 5.74) is 2.85. The van der Waals surface area contributed by atoms with Crippen molar-refractivity contribution in [2.45, 2.75) is 0 Å². The maximum Gasteiger partial charge on any atom is 0.195 e. The molecule has 0 fully saturated rings. The number of aromatic nitrogens is 2. The van der Waals surface area contributed by atoms with Crippen LogP contribution in [-0.2, 0) is 0 Å². The van der Waals surface area contributed by atoms with Crippen LogP contribution in [0.25, 0.3) is 26.4 Å². The van der Waals surface area contributed by atoms with Gasteiger partial charge in [-0.3, -0.25) is 4.40 Å². The van der Waals surface area contributed by atoms with E-state index in [0.29, 0.717) is 0 Å². The van der Waals surface area contributed by atoms with Gasteiger partial charge in [0.2, 0.25) is 0 Å². The zero-order valence-electron chi connectivity index (χ0n) is 11.2. The average Bonchev–Trinajstić information content (AvgIpc) is 3.04. The van der Waals surface area contributed by atoms with Gasteiger partial charge in [-0.05, 0) is 42.5 Å². The summed E-state index contributed by atoms with van der Waals surface area (Å²) in [4.78, 5) is 5.54. The molecule has 2 aromatic heterocycles. The van der Waals surface area contributed by atoms with Crippen molar-refractivity contribution in [3.8, 4) is 17.0 Å². The molecule has 0 aliphatic rings. The van der Waals surface area contributed by atoms with Crippen molar-refractivity contribution < 1.29 is 9.13 Å². The molecule has 0 amide bonds. The van der Waals surface area contributed by atoms with Crippen LogP contribution in [0.15, 0.2) is 48.7 Å². The molecule has 0 unspecified atom stereocenters. The lowest BCUT2D eigenvalue weighted by molar-refractivity contribution is 0.415. The molecule has 0 aliphatic heterocycles. The van der Waals surface area contributed by atoms with Crippen LogP contribution >= 0.6 is 11.3 Å². The van der Waals surface area contributed by atoms with Gasteiger partial charge in [-0.2, -0.15) is 0 Å². The van der Waals surface area contributed by atoms with Crippen molar-refractivity contribution in [3.05, 3.63) is 54.5 Å². The van der Waals surface area contributed by atoms with Crippen LogP contribution in [0.5, 0.6) is 5.75 Å². The largest absolute Gasteiger partial charge is 0.497 e. The fourth-order valence-electron chi connectivity index (χ4n) is 2.37. The van der Waals surface area contributed by atoms with Crippen molar-refractivity contribution in [1.82, 2.24) is 9.38 Å². The van der Waals surface area contributed by atoms with Gasteiger partial charge < -0.3 is 4.74 Å². The minimum atomic E-state index is -0.239. The Balaban J connectivity index is 1.88. The lowest BCUT2D eigenvalue weighted by atomic mass is 10.2. The van der Waals surface area contributed by atoms with Crippen LogP contribution in [0, 0.1) is 5.82 Å². The van der Waals surface area contributed by atoms with Gasteiger partial charge in [0.25, 0.3) is 0 Å². The molecule has 0 N–H and O–H groups in total. The monoisotopic (exact) mass is 298 g/mol. The molecule has 0 atom stereocenters. The second kappa shape index (κ2) is 4.56. The normalized spacial score (nSPS) is 11.3. The Morgan fingerprint density at radius 3 is 2.71 bits per heavy atom. The van der Waals surface area contributed by atoms with E-state index in [9.17, 15) is 4.39 Å². The van der Waals surface area contributed by atoms with Gasteiger partial charge >= 0.3 is 0 Å². The summed E-state index contributed by atoms with van der Waals surface area (Å²) in [6.07, 6.45) is 1.98. The molecular weight excluding hydrogens is 287 g/mol. The van der Waals surface area contributed by atoms with E-state index in [2.05, 4.69) is 9.38 Å². The highest BCUT2D eigenvalue weighted by molar-refractivity contribution is 7.23. The zero-order valence-corrected chi connectivity index (χ0v) is 12.0. The van der Waals surface area contributed by atoms with Crippen LogP contribution in [0.2, 0.25) is 0 Å². The summed E-state index contributed by atoms with van der Waals surface area (Å²) >= 11 is 1.61. The Kier molecular flexibility index (Phi) is 2.68. The Morgan fingerprint density at radius 2 is 1.95 bits per heavy atom.